The Morgan fingerprint density at radius 2 is 1.24 bits per heavy atom. The van der Waals surface area contributed by atoms with Crippen LogP contribution in [0.3, 0.4) is 0 Å². The van der Waals surface area contributed by atoms with E-state index in [2.05, 4.69) is 56.3 Å². The van der Waals surface area contributed by atoms with Crippen LogP contribution in [0.4, 0.5) is 0 Å². The normalized spacial score (nSPS) is 11.4. The van der Waals surface area contributed by atoms with E-state index in [9.17, 15) is 0 Å². The predicted octanol–water partition coefficient (Wildman–Crippen LogP) is 8.99. The maximum Gasteiger partial charge on any atom is 0.124 e. The highest BCUT2D eigenvalue weighted by molar-refractivity contribution is 7.21. The molecule has 0 saturated heterocycles. The number of hydrogen-bond acceptors (Lipinski definition) is 2. The molecule has 0 bridgehead atoms. The van der Waals surface area contributed by atoms with Gasteiger partial charge in [-0.25, -0.2) is 4.98 Å². The highest BCUT2D eigenvalue weighted by Crippen LogP contribution is 2.31. The van der Waals surface area contributed by atoms with Crippen LogP contribution in [0.5, 0.6) is 0 Å². The van der Waals surface area contributed by atoms with Crippen LogP contribution in [0.25, 0.3) is 20.8 Å². The summed E-state index contributed by atoms with van der Waals surface area (Å²) in [5.74, 6) is 0. The number of aryl methyl sites for hydroxylation is 2. The highest BCUT2D eigenvalue weighted by Gasteiger charge is 2.07. The highest BCUT2D eigenvalue weighted by atomic mass is 32.1. The largest absolute Gasteiger partial charge is 0.236 e. The standard InChI is InChI=1S/C27H37NS/c1-3-5-7-9-10-12-13-22-15-18-24(19-16-22)27-28-25-20-17-23(21-26(25)29-27)14-11-8-6-4-2/h15-21H,3-14H2,1-2H3. The van der Waals surface area contributed by atoms with E-state index in [0.717, 1.165) is 10.5 Å². The molecule has 2 aromatic carbocycles. The summed E-state index contributed by atoms with van der Waals surface area (Å²) < 4.78 is 1.32. The van der Waals surface area contributed by atoms with Gasteiger partial charge in [-0.2, -0.15) is 0 Å². The minimum atomic E-state index is 1.14. The second kappa shape index (κ2) is 12.1. The summed E-state index contributed by atoms with van der Waals surface area (Å²) >= 11 is 1.83. The number of thiazole rings is 1. The predicted molar refractivity (Wildman–Crippen MR) is 130 cm³/mol. The molecular weight excluding hydrogens is 370 g/mol. The van der Waals surface area contributed by atoms with Crippen molar-refractivity contribution in [3.8, 4) is 10.6 Å². The Bertz CT molecular complexity index is 847. The molecule has 0 unspecified atom stereocenters. The lowest BCUT2D eigenvalue weighted by Gasteiger charge is -2.03. The third-order valence-corrected chi connectivity index (χ3v) is 6.86. The van der Waals surface area contributed by atoms with E-state index in [4.69, 9.17) is 4.98 Å². The molecule has 0 amide bonds. The van der Waals surface area contributed by atoms with Gasteiger partial charge in [-0.05, 0) is 48.9 Å². The molecule has 0 aliphatic rings. The lowest BCUT2D eigenvalue weighted by molar-refractivity contribution is 0.607. The van der Waals surface area contributed by atoms with Gasteiger partial charge < -0.3 is 0 Å². The minimum absolute atomic E-state index is 1.14. The Kier molecular flexibility index (Phi) is 9.21. The monoisotopic (exact) mass is 407 g/mol. The molecule has 0 radical (unpaired) electrons. The van der Waals surface area contributed by atoms with Crippen LogP contribution < -0.4 is 0 Å². The third-order valence-electron chi connectivity index (χ3n) is 5.79. The third kappa shape index (κ3) is 6.96. The Morgan fingerprint density at radius 1 is 0.655 bits per heavy atom. The summed E-state index contributed by atoms with van der Waals surface area (Å²) in [6.07, 6.45) is 15.8. The molecule has 156 valence electrons. The number of hydrogen-bond donors (Lipinski definition) is 0. The zero-order chi connectivity index (χ0) is 20.3. The zero-order valence-corrected chi connectivity index (χ0v) is 19.2. The topological polar surface area (TPSA) is 12.9 Å². The molecule has 3 rings (SSSR count). The van der Waals surface area contributed by atoms with E-state index >= 15 is 0 Å². The van der Waals surface area contributed by atoms with Gasteiger partial charge in [0.05, 0.1) is 10.2 Å². The Hall–Kier alpha value is -1.67. The van der Waals surface area contributed by atoms with Gasteiger partial charge in [0.2, 0.25) is 0 Å². The molecule has 29 heavy (non-hydrogen) atoms. The molecule has 0 spiro atoms. The van der Waals surface area contributed by atoms with Gasteiger partial charge in [-0.1, -0.05) is 95.5 Å². The van der Waals surface area contributed by atoms with Gasteiger partial charge in [-0.3, -0.25) is 0 Å². The van der Waals surface area contributed by atoms with Gasteiger partial charge in [-0.15, -0.1) is 11.3 Å². The second-order valence-corrected chi connectivity index (χ2v) is 9.38. The second-order valence-electron chi connectivity index (χ2n) is 8.35. The first kappa shape index (κ1) is 22.0. The Labute approximate surface area is 181 Å². The van der Waals surface area contributed by atoms with E-state index in [-0.39, 0.29) is 0 Å². The summed E-state index contributed by atoms with van der Waals surface area (Å²) in [7, 11) is 0. The number of nitrogens with zero attached hydrogens (tertiary/aromatic N) is 1. The van der Waals surface area contributed by atoms with Crippen LogP contribution in [0.2, 0.25) is 0 Å². The van der Waals surface area contributed by atoms with Crippen molar-refractivity contribution in [3.05, 3.63) is 53.6 Å². The fourth-order valence-electron chi connectivity index (χ4n) is 3.93. The number of aromatic nitrogens is 1. The van der Waals surface area contributed by atoms with E-state index in [1.165, 1.54) is 98.4 Å². The quantitative estimate of drug-likeness (QED) is 0.258. The van der Waals surface area contributed by atoms with Gasteiger partial charge in [0.15, 0.2) is 0 Å². The maximum atomic E-state index is 4.89. The number of fused-ring (bicyclic) bond motifs is 1. The molecule has 1 aromatic heterocycles. The molecule has 0 aliphatic carbocycles. The van der Waals surface area contributed by atoms with Crippen molar-refractivity contribution in [1.82, 2.24) is 4.98 Å². The summed E-state index contributed by atoms with van der Waals surface area (Å²) in [6, 6.07) is 15.9. The van der Waals surface area contributed by atoms with Gasteiger partial charge in [0, 0.05) is 5.56 Å². The van der Waals surface area contributed by atoms with Crippen LogP contribution in [0.15, 0.2) is 42.5 Å². The number of benzene rings is 2. The summed E-state index contributed by atoms with van der Waals surface area (Å²) in [5.41, 5.74) is 5.30. The molecule has 2 heteroatoms. The summed E-state index contributed by atoms with van der Waals surface area (Å²) in [6.45, 7) is 4.55. The molecule has 0 aliphatic heterocycles. The van der Waals surface area contributed by atoms with Crippen molar-refractivity contribution < 1.29 is 0 Å². The fraction of sp³-hybridized carbons (Fsp3) is 0.519. The first-order valence-electron chi connectivity index (χ1n) is 11.8. The molecule has 3 aromatic rings. The Balaban J connectivity index is 1.55. The van der Waals surface area contributed by atoms with E-state index < -0.39 is 0 Å². The van der Waals surface area contributed by atoms with Crippen molar-refractivity contribution in [3.63, 3.8) is 0 Å². The molecule has 1 nitrogen and oxygen atoms in total. The Morgan fingerprint density at radius 3 is 1.97 bits per heavy atom. The van der Waals surface area contributed by atoms with E-state index in [1.807, 2.05) is 11.3 Å². The van der Waals surface area contributed by atoms with Crippen LogP contribution in [0.1, 0.15) is 89.2 Å². The number of unbranched alkanes of at least 4 members (excludes halogenated alkanes) is 8. The van der Waals surface area contributed by atoms with Crippen molar-refractivity contribution in [1.29, 1.82) is 0 Å². The first-order chi connectivity index (χ1) is 14.3. The maximum absolute atomic E-state index is 4.89. The first-order valence-corrected chi connectivity index (χ1v) is 12.6. The molecular formula is C27H37NS. The molecule has 0 fully saturated rings. The molecule has 0 N–H and O–H groups in total. The van der Waals surface area contributed by atoms with Crippen LogP contribution in [0, 0.1) is 0 Å². The number of rotatable bonds is 13. The summed E-state index contributed by atoms with van der Waals surface area (Å²) in [5, 5.41) is 1.15. The van der Waals surface area contributed by atoms with Gasteiger partial charge >= 0.3 is 0 Å². The minimum Gasteiger partial charge on any atom is -0.236 e. The van der Waals surface area contributed by atoms with Crippen molar-refractivity contribution >= 4 is 21.6 Å². The van der Waals surface area contributed by atoms with Crippen molar-refractivity contribution in [2.75, 3.05) is 0 Å². The lowest BCUT2D eigenvalue weighted by Crippen LogP contribution is -1.87. The van der Waals surface area contributed by atoms with Crippen molar-refractivity contribution in [2.45, 2.75) is 90.9 Å². The average molecular weight is 408 g/mol. The summed E-state index contributed by atoms with van der Waals surface area (Å²) in [4.78, 5) is 4.89. The molecule has 0 saturated carbocycles. The van der Waals surface area contributed by atoms with E-state index in [1.54, 1.807) is 0 Å². The van der Waals surface area contributed by atoms with Gasteiger partial charge in [0.1, 0.15) is 5.01 Å². The van der Waals surface area contributed by atoms with Crippen LogP contribution >= 0.6 is 11.3 Å². The smallest absolute Gasteiger partial charge is 0.124 e. The average Bonchev–Trinajstić information content (AvgIpc) is 3.17. The zero-order valence-electron chi connectivity index (χ0n) is 18.4. The van der Waals surface area contributed by atoms with Crippen LogP contribution in [-0.4, -0.2) is 4.98 Å². The lowest BCUT2D eigenvalue weighted by atomic mass is 10.0. The van der Waals surface area contributed by atoms with Crippen molar-refractivity contribution in [2.24, 2.45) is 0 Å². The molecule has 1 heterocycles. The molecule has 0 atom stereocenters. The van der Waals surface area contributed by atoms with Gasteiger partial charge in [0.25, 0.3) is 0 Å². The van der Waals surface area contributed by atoms with E-state index in [0.29, 0.717) is 0 Å². The fourth-order valence-corrected chi connectivity index (χ4v) is 4.96. The van der Waals surface area contributed by atoms with Crippen LogP contribution in [-0.2, 0) is 12.8 Å². The SMILES string of the molecule is CCCCCCCCc1ccc(-c2nc3ccc(CCCCCC)cc3s2)cc1.